The van der Waals surface area contributed by atoms with Crippen LogP contribution >= 0.6 is 0 Å². The van der Waals surface area contributed by atoms with Crippen molar-refractivity contribution in [2.45, 2.75) is 20.3 Å². The van der Waals surface area contributed by atoms with E-state index in [4.69, 9.17) is 0 Å². The number of sulfone groups is 1. The van der Waals surface area contributed by atoms with Crippen molar-refractivity contribution < 1.29 is 8.42 Å². The van der Waals surface area contributed by atoms with E-state index in [1.165, 1.54) is 0 Å². The van der Waals surface area contributed by atoms with Gasteiger partial charge in [0, 0.05) is 6.54 Å². The van der Waals surface area contributed by atoms with Crippen LogP contribution < -0.4 is 5.32 Å². The maximum atomic E-state index is 11.3. The van der Waals surface area contributed by atoms with Gasteiger partial charge in [-0.3, -0.25) is 0 Å². The molecule has 0 unspecified atom stereocenters. The molecule has 0 rings (SSSR count). The van der Waals surface area contributed by atoms with Gasteiger partial charge in [0.1, 0.15) is 0 Å². The van der Waals surface area contributed by atoms with Crippen LogP contribution in [0.25, 0.3) is 0 Å². The Bertz CT molecular complexity index is 197. The lowest BCUT2D eigenvalue weighted by atomic mass is 10.2. The van der Waals surface area contributed by atoms with Crippen LogP contribution in [0.4, 0.5) is 0 Å². The molecule has 0 saturated carbocycles. The van der Waals surface area contributed by atoms with Gasteiger partial charge >= 0.3 is 0 Å². The lowest BCUT2D eigenvalue weighted by molar-refractivity contribution is 0.572. The average Bonchev–Trinajstić information content (AvgIpc) is 1.98. The third-order valence-corrected chi connectivity index (χ3v) is 3.35. The fourth-order valence-electron chi connectivity index (χ4n) is 0.775. The summed E-state index contributed by atoms with van der Waals surface area (Å²) in [5.74, 6) is 1.05. The van der Waals surface area contributed by atoms with Gasteiger partial charge in [0.2, 0.25) is 0 Å². The van der Waals surface area contributed by atoms with Gasteiger partial charge in [-0.1, -0.05) is 13.8 Å². The van der Waals surface area contributed by atoms with Crippen LogP contribution in [0, 0.1) is 5.92 Å². The summed E-state index contributed by atoms with van der Waals surface area (Å²) in [6.45, 7) is 4.63. The highest BCUT2D eigenvalue weighted by Crippen LogP contribution is 2.02. The van der Waals surface area contributed by atoms with Crippen molar-refractivity contribution in [3.05, 3.63) is 0 Å². The van der Waals surface area contributed by atoms with Crippen molar-refractivity contribution in [2.24, 2.45) is 5.92 Å². The smallest absolute Gasteiger partial charge is 0.151 e. The number of hydrogen-bond donors (Lipinski definition) is 1. The van der Waals surface area contributed by atoms with Crippen LogP contribution in [0.3, 0.4) is 0 Å². The molecule has 0 aromatic rings. The molecule has 3 nitrogen and oxygen atoms in total. The summed E-state index contributed by atoms with van der Waals surface area (Å²) in [6.07, 6.45) is 0.770. The highest BCUT2D eigenvalue weighted by molar-refractivity contribution is 7.91. The van der Waals surface area contributed by atoms with Gasteiger partial charge in [0.25, 0.3) is 0 Å². The summed E-state index contributed by atoms with van der Waals surface area (Å²) in [5, 5.41) is 2.83. The summed E-state index contributed by atoms with van der Waals surface area (Å²) in [6, 6.07) is 0. The Kier molecular flexibility index (Phi) is 5.50. The maximum absolute atomic E-state index is 11.3. The van der Waals surface area contributed by atoms with E-state index < -0.39 is 9.84 Å². The van der Waals surface area contributed by atoms with Gasteiger partial charge in [0.15, 0.2) is 9.84 Å². The van der Waals surface area contributed by atoms with E-state index in [0.717, 1.165) is 6.42 Å². The van der Waals surface area contributed by atoms with Crippen molar-refractivity contribution in [1.29, 1.82) is 0 Å². The third-order valence-electron chi connectivity index (χ3n) is 1.67. The Balaban J connectivity index is 3.73. The van der Waals surface area contributed by atoms with E-state index in [0.29, 0.717) is 18.2 Å². The normalized spacial score (nSPS) is 12.3. The number of hydrogen-bond acceptors (Lipinski definition) is 3. The van der Waals surface area contributed by atoms with Gasteiger partial charge in [0.05, 0.1) is 11.5 Å². The van der Waals surface area contributed by atoms with Gasteiger partial charge < -0.3 is 5.32 Å². The third kappa shape index (κ3) is 6.61. The number of rotatable bonds is 6. The van der Waals surface area contributed by atoms with Crippen LogP contribution in [0.15, 0.2) is 0 Å². The average molecular weight is 193 g/mol. The van der Waals surface area contributed by atoms with Crippen LogP contribution in [-0.2, 0) is 9.84 Å². The molecule has 0 aromatic heterocycles. The zero-order chi connectivity index (χ0) is 9.61. The quantitative estimate of drug-likeness (QED) is 0.674. The van der Waals surface area contributed by atoms with Gasteiger partial charge in [-0.25, -0.2) is 8.42 Å². The first kappa shape index (κ1) is 11.9. The molecule has 0 fully saturated rings. The van der Waals surface area contributed by atoms with E-state index >= 15 is 0 Å². The van der Waals surface area contributed by atoms with E-state index in [9.17, 15) is 8.42 Å². The van der Waals surface area contributed by atoms with Gasteiger partial charge in [-0.05, 0) is 19.4 Å². The molecule has 0 radical (unpaired) electrons. The molecule has 4 heteroatoms. The molecule has 0 heterocycles. The minimum Gasteiger partial charge on any atom is -0.319 e. The predicted octanol–water partition coefficient (Wildman–Crippen LogP) is 0.667. The predicted molar refractivity (Wildman–Crippen MR) is 52.0 cm³/mol. The lowest BCUT2D eigenvalue weighted by Crippen LogP contribution is -2.21. The Morgan fingerprint density at radius 1 is 1.25 bits per heavy atom. The molecular formula is C8H19NO2S. The zero-order valence-corrected chi connectivity index (χ0v) is 8.95. The van der Waals surface area contributed by atoms with Crippen LogP contribution in [0.5, 0.6) is 0 Å². The first-order chi connectivity index (χ1) is 5.48. The van der Waals surface area contributed by atoms with E-state index in [-0.39, 0.29) is 5.75 Å². The molecule has 12 heavy (non-hydrogen) atoms. The first-order valence-electron chi connectivity index (χ1n) is 4.33. The summed E-state index contributed by atoms with van der Waals surface area (Å²) in [4.78, 5) is 0. The largest absolute Gasteiger partial charge is 0.319 e. The van der Waals surface area contributed by atoms with Crippen molar-refractivity contribution >= 4 is 9.84 Å². The zero-order valence-electron chi connectivity index (χ0n) is 8.13. The van der Waals surface area contributed by atoms with Crippen molar-refractivity contribution in [3.63, 3.8) is 0 Å². The summed E-state index contributed by atoms with van der Waals surface area (Å²) >= 11 is 0. The second-order valence-electron chi connectivity index (χ2n) is 3.44. The van der Waals surface area contributed by atoms with E-state index in [1.807, 2.05) is 13.8 Å². The van der Waals surface area contributed by atoms with Crippen LogP contribution in [0.1, 0.15) is 20.3 Å². The van der Waals surface area contributed by atoms with Crippen LogP contribution in [0.2, 0.25) is 0 Å². The summed E-state index contributed by atoms with van der Waals surface area (Å²) in [7, 11) is -1.04. The van der Waals surface area contributed by atoms with E-state index in [2.05, 4.69) is 5.32 Å². The molecule has 0 bridgehead atoms. The Labute approximate surface area is 75.5 Å². The van der Waals surface area contributed by atoms with E-state index in [1.54, 1.807) is 7.05 Å². The number of nitrogens with one attached hydrogen (secondary N) is 1. The van der Waals surface area contributed by atoms with Crippen LogP contribution in [-0.4, -0.2) is 33.5 Å². The summed E-state index contributed by atoms with van der Waals surface area (Å²) < 4.78 is 22.5. The van der Waals surface area contributed by atoms with Crippen molar-refractivity contribution in [1.82, 2.24) is 5.32 Å². The fourth-order valence-corrected chi connectivity index (χ4v) is 2.32. The minimum absolute atomic E-state index is 0.260. The summed E-state index contributed by atoms with van der Waals surface area (Å²) in [5.41, 5.74) is 0. The molecular weight excluding hydrogens is 174 g/mol. The Morgan fingerprint density at radius 3 is 2.25 bits per heavy atom. The topological polar surface area (TPSA) is 46.2 Å². The maximum Gasteiger partial charge on any atom is 0.151 e. The highest BCUT2D eigenvalue weighted by atomic mass is 32.2. The molecule has 0 aliphatic heterocycles. The Hall–Kier alpha value is -0.0900. The molecule has 74 valence electrons. The SMILES string of the molecule is CNCCS(=O)(=O)CCC(C)C. The lowest BCUT2D eigenvalue weighted by Gasteiger charge is -2.05. The molecule has 0 aliphatic carbocycles. The second kappa shape index (κ2) is 5.54. The molecule has 0 saturated heterocycles. The highest BCUT2D eigenvalue weighted by Gasteiger charge is 2.10. The van der Waals surface area contributed by atoms with Gasteiger partial charge in [-0.2, -0.15) is 0 Å². The second-order valence-corrected chi connectivity index (χ2v) is 5.74. The van der Waals surface area contributed by atoms with Crippen molar-refractivity contribution in [2.75, 3.05) is 25.1 Å². The minimum atomic E-state index is -2.80. The molecule has 0 atom stereocenters. The molecule has 0 amide bonds. The molecule has 0 aliphatic rings. The molecule has 0 aromatic carbocycles. The Morgan fingerprint density at radius 2 is 1.83 bits per heavy atom. The van der Waals surface area contributed by atoms with Gasteiger partial charge in [-0.15, -0.1) is 0 Å². The van der Waals surface area contributed by atoms with Crippen molar-refractivity contribution in [3.8, 4) is 0 Å². The fraction of sp³-hybridized carbons (Fsp3) is 1.00. The first-order valence-corrected chi connectivity index (χ1v) is 6.15. The molecule has 0 spiro atoms. The molecule has 1 N–H and O–H groups in total. The standard InChI is InChI=1S/C8H19NO2S/c1-8(2)4-6-12(10,11)7-5-9-3/h8-9H,4-7H2,1-3H3. The monoisotopic (exact) mass is 193 g/mol.